The number of aromatic nitrogens is 3. The SMILES string of the molecule is COc1ccccc1CSc1nc(NC(C)CO)c2sc(=O)[nH]c2n1. The molecule has 9 heteroatoms. The van der Waals surface area contributed by atoms with Gasteiger partial charge < -0.3 is 15.2 Å². The van der Waals surface area contributed by atoms with Crippen LogP contribution in [-0.4, -0.2) is 39.8 Å². The summed E-state index contributed by atoms with van der Waals surface area (Å²) in [6, 6.07) is 7.59. The van der Waals surface area contributed by atoms with Crippen LogP contribution in [0.5, 0.6) is 5.75 Å². The maximum atomic E-state index is 11.7. The van der Waals surface area contributed by atoms with Gasteiger partial charge in [-0.05, 0) is 13.0 Å². The third-order valence-electron chi connectivity index (χ3n) is 3.47. The van der Waals surface area contributed by atoms with Crippen LogP contribution in [-0.2, 0) is 5.75 Å². The number of nitrogens with one attached hydrogen (secondary N) is 2. The Morgan fingerprint density at radius 2 is 2.20 bits per heavy atom. The maximum Gasteiger partial charge on any atom is 0.306 e. The molecule has 3 rings (SSSR count). The van der Waals surface area contributed by atoms with Crippen LogP contribution >= 0.6 is 23.1 Å². The third kappa shape index (κ3) is 4.12. The fourth-order valence-corrected chi connectivity index (χ4v) is 3.79. The van der Waals surface area contributed by atoms with Crippen LogP contribution in [0.15, 0.2) is 34.2 Å². The summed E-state index contributed by atoms with van der Waals surface area (Å²) in [5.41, 5.74) is 1.54. The topological polar surface area (TPSA) is 100 Å². The van der Waals surface area contributed by atoms with Crippen molar-refractivity contribution < 1.29 is 9.84 Å². The van der Waals surface area contributed by atoms with Gasteiger partial charge in [-0.3, -0.25) is 9.78 Å². The predicted octanol–water partition coefficient (Wildman–Crippen LogP) is 2.47. The van der Waals surface area contributed by atoms with E-state index in [9.17, 15) is 9.90 Å². The second kappa shape index (κ2) is 7.85. The van der Waals surface area contributed by atoms with Gasteiger partial charge in [0.05, 0.1) is 13.7 Å². The first-order valence-electron chi connectivity index (χ1n) is 7.63. The van der Waals surface area contributed by atoms with Gasteiger partial charge in [-0.25, -0.2) is 9.97 Å². The molecule has 0 fully saturated rings. The Hall–Kier alpha value is -2.10. The Balaban J connectivity index is 1.89. The third-order valence-corrected chi connectivity index (χ3v) is 5.24. The number of aliphatic hydroxyl groups excluding tert-OH is 1. The zero-order valence-electron chi connectivity index (χ0n) is 13.8. The normalized spacial score (nSPS) is 12.3. The number of aliphatic hydroxyl groups is 1. The van der Waals surface area contributed by atoms with Gasteiger partial charge in [-0.2, -0.15) is 0 Å². The number of ether oxygens (including phenoxy) is 1. The molecule has 7 nitrogen and oxygen atoms in total. The fraction of sp³-hybridized carbons (Fsp3) is 0.312. The van der Waals surface area contributed by atoms with Crippen molar-refractivity contribution in [2.24, 2.45) is 0 Å². The van der Waals surface area contributed by atoms with Crippen molar-refractivity contribution >= 4 is 39.3 Å². The van der Waals surface area contributed by atoms with Gasteiger partial charge in [0.15, 0.2) is 16.6 Å². The van der Waals surface area contributed by atoms with Crippen molar-refractivity contribution in [1.29, 1.82) is 0 Å². The van der Waals surface area contributed by atoms with Gasteiger partial charge in [-0.1, -0.05) is 41.3 Å². The molecule has 0 aliphatic heterocycles. The van der Waals surface area contributed by atoms with E-state index >= 15 is 0 Å². The van der Waals surface area contributed by atoms with Crippen LogP contribution in [0.1, 0.15) is 12.5 Å². The molecule has 1 aromatic carbocycles. The van der Waals surface area contributed by atoms with Crippen LogP contribution in [0.2, 0.25) is 0 Å². The summed E-state index contributed by atoms with van der Waals surface area (Å²) >= 11 is 2.50. The van der Waals surface area contributed by atoms with Gasteiger partial charge in [0.1, 0.15) is 10.4 Å². The Kier molecular flexibility index (Phi) is 5.57. The molecule has 0 spiro atoms. The maximum absolute atomic E-state index is 11.7. The smallest absolute Gasteiger partial charge is 0.306 e. The van der Waals surface area contributed by atoms with Crippen molar-refractivity contribution in [2.45, 2.75) is 23.9 Å². The number of H-pyrrole nitrogens is 1. The Bertz CT molecular complexity index is 925. The molecule has 3 N–H and O–H groups in total. The highest BCUT2D eigenvalue weighted by Gasteiger charge is 2.14. The van der Waals surface area contributed by atoms with E-state index in [1.54, 1.807) is 7.11 Å². The second-order valence-electron chi connectivity index (χ2n) is 5.38. The minimum atomic E-state index is -0.184. The summed E-state index contributed by atoms with van der Waals surface area (Å²) in [4.78, 5) is 23.1. The van der Waals surface area contributed by atoms with Crippen molar-refractivity contribution in [1.82, 2.24) is 15.0 Å². The monoisotopic (exact) mass is 378 g/mol. The van der Waals surface area contributed by atoms with Crippen molar-refractivity contribution in [3.05, 3.63) is 39.5 Å². The number of para-hydroxylation sites is 1. The van der Waals surface area contributed by atoms with E-state index in [1.807, 2.05) is 31.2 Å². The number of nitrogens with zero attached hydrogens (tertiary/aromatic N) is 2. The van der Waals surface area contributed by atoms with E-state index in [-0.39, 0.29) is 17.5 Å². The number of methoxy groups -OCH3 is 1. The molecule has 1 unspecified atom stereocenters. The van der Waals surface area contributed by atoms with Crippen molar-refractivity contribution in [2.75, 3.05) is 19.0 Å². The standard InChI is InChI=1S/C16H18N4O3S2/c1-9(7-21)17-13-12-14(20-16(22)25-12)19-15(18-13)24-8-10-5-3-4-6-11(10)23-2/h3-6,9,21H,7-8H2,1-2H3,(H2,17,18,19,20,22). The molecule has 1 atom stereocenters. The van der Waals surface area contributed by atoms with Crippen LogP contribution in [0.3, 0.4) is 0 Å². The second-order valence-corrected chi connectivity index (χ2v) is 7.30. The number of anilines is 1. The minimum Gasteiger partial charge on any atom is -0.496 e. The van der Waals surface area contributed by atoms with E-state index in [4.69, 9.17) is 4.74 Å². The van der Waals surface area contributed by atoms with Crippen LogP contribution in [0.25, 0.3) is 10.3 Å². The average Bonchev–Trinajstić information content (AvgIpc) is 3.00. The molecule has 3 aromatic rings. The van der Waals surface area contributed by atoms with Crippen molar-refractivity contribution in [3.63, 3.8) is 0 Å². The number of fused-ring (bicyclic) bond motifs is 1. The molecule has 0 radical (unpaired) electrons. The van der Waals surface area contributed by atoms with Crippen LogP contribution in [0, 0.1) is 0 Å². The quantitative estimate of drug-likeness (QED) is 0.429. The number of thiazole rings is 1. The molecule has 2 heterocycles. The minimum absolute atomic E-state index is 0.0332. The Morgan fingerprint density at radius 1 is 1.40 bits per heavy atom. The summed E-state index contributed by atoms with van der Waals surface area (Å²) in [6.07, 6.45) is 0. The predicted molar refractivity (Wildman–Crippen MR) is 101 cm³/mol. The molecule has 2 aromatic heterocycles. The summed E-state index contributed by atoms with van der Waals surface area (Å²) in [7, 11) is 1.64. The van der Waals surface area contributed by atoms with E-state index in [0.717, 1.165) is 22.6 Å². The van der Waals surface area contributed by atoms with E-state index in [0.29, 0.717) is 27.1 Å². The van der Waals surface area contributed by atoms with Gasteiger partial charge in [0.25, 0.3) is 0 Å². The largest absolute Gasteiger partial charge is 0.496 e. The number of aromatic amines is 1. The molecule has 0 amide bonds. The van der Waals surface area contributed by atoms with Gasteiger partial charge in [0, 0.05) is 17.4 Å². The lowest BCUT2D eigenvalue weighted by Crippen LogP contribution is -2.20. The Labute approximate surface area is 152 Å². The number of rotatable bonds is 7. The average molecular weight is 378 g/mol. The highest BCUT2D eigenvalue weighted by Crippen LogP contribution is 2.29. The number of hydrogen-bond donors (Lipinski definition) is 3. The molecule has 25 heavy (non-hydrogen) atoms. The van der Waals surface area contributed by atoms with Gasteiger partial charge in [0.2, 0.25) is 0 Å². The van der Waals surface area contributed by atoms with Crippen molar-refractivity contribution in [3.8, 4) is 5.75 Å². The zero-order valence-corrected chi connectivity index (χ0v) is 15.4. The number of hydrogen-bond acceptors (Lipinski definition) is 8. The van der Waals surface area contributed by atoms with E-state index in [2.05, 4.69) is 20.3 Å². The highest BCUT2D eigenvalue weighted by atomic mass is 32.2. The molecule has 0 aliphatic carbocycles. The Morgan fingerprint density at radius 3 is 2.96 bits per heavy atom. The van der Waals surface area contributed by atoms with E-state index < -0.39 is 0 Å². The highest BCUT2D eigenvalue weighted by molar-refractivity contribution is 7.98. The first kappa shape index (κ1) is 17.7. The molecule has 0 aliphatic rings. The van der Waals surface area contributed by atoms with Crippen LogP contribution in [0.4, 0.5) is 5.82 Å². The number of thioether (sulfide) groups is 1. The molecule has 0 bridgehead atoms. The summed E-state index contributed by atoms with van der Waals surface area (Å²) in [5, 5.41) is 12.9. The first-order valence-corrected chi connectivity index (χ1v) is 9.44. The summed E-state index contributed by atoms with van der Waals surface area (Å²) in [5.74, 6) is 2.00. The zero-order chi connectivity index (χ0) is 17.8. The van der Waals surface area contributed by atoms with E-state index in [1.165, 1.54) is 11.8 Å². The fourth-order valence-electron chi connectivity index (χ4n) is 2.23. The van der Waals surface area contributed by atoms with Gasteiger partial charge >= 0.3 is 4.87 Å². The molecule has 132 valence electrons. The summed E-state index contributed by atoms with van der Waals surface area (Å²) < 4.78 is 6.02. The number of benzene rings is 1. The lowest BCUT2D eigenvalue weighted by Gasteiger charge is -2.13. The lowest BCUT2D eigenvalue weighted by molar-refractivity contribution is 0.281. The van der Waals surface area contributed by atoms with Crippen LogP contribution < -0.4 is 14.9 Å². The lowest BCUT2D eigenvalue weighted by atomic mass is 10.2. The van der Waals surface area contributed by atoms with Gasteiger partial charge in [-0.15, -0.1) is 0 Å². The molecule has 0 saturated heterocycles. The molecule has 0 saturated carbocycles. The molecular formula is C16H18N4O3S2. The molecular weight excluding hydrogens is 360 g/mol. The first-order chi connectivity index (χ1) is 12.1. The summed E-state index contributed by atoms with van der Waals surface area (Å²) in [6.45, 7) is 1.81.